The Hall–Kier alpha value is -0.610. The number of carbonyl (C=O) groups is 1. The minimum Gasteiger partial charge on any atom is -0.384 e. The van der Waals surface area contributed by atoms with Gasteiger partial charge in [-0.1, -0.05) is 6.58 Å². The van der Waals surface area contributed by atoms with Gasteiger partial charge in [-0.25, -0.2) is 17.8 Å². The Balaban J connectivity index is 2.16. The molecule has 0 bridgehead atoms. The van der Waals surface area contributed by atoms with Crippen molar-refractivity contribution in [2.75, 3.05) is 6.61 Å². The van der Waals surface area contributed by atoms with Crippen LogP contribution in [0.5, 0.6) is 0 Å². The topological polar surface area (TPSA) is 225 Å². The number of hydrogen-bond acceptors (Lipinski definition) is 11. The summed E-state index contributed by atoms with van der Waals surface area (Å²) in [6, 6.07) is 0. The summed E-state index contributed by atoms with van der Waals surface area (Å²) in [4.78, 5) is 48.3. The lowest BCUT2D eigenvalue weighted by atomic mass is 9.95. The van der Waals surface area contributed by atoms with E-state index in [9.17, 15) is 33.9 Å². The molecule has 15 nitrogen and oxygen atoms in total. The molecule has 2 rings (SSSR count). The van der Waals surface area contributed by atoms with Crippen molar-refractivity contribution < 1.29 is 66.0 Å². The lowest BCUT2D eigenvalue weighted by Gasteiger charge is -2.36. The number of amides is 1. The van der Waals surface area contributed by atoms with Crippen molar-refractivity contribution in [2.45, 2.75) is 30.7 Å². The van der Waals surface area contributed by atoms with Crippen molar-refractivity contribution in [3.63, 3.8) is 0 Å². The van der Waals surface area contributed by atoms with Gasteiger partial charge in [0.2, 0.25) is 0 Å². The van der Waals surface area contributed by atoms with Gasteiger partial charge in [0.15, 0.2) is 6.23 Å². The molecule has 0 radical (unpaired) electrons. The molecular formula is C11H18FN2O13P3S. The highest BCUT2D eigenvalue weighted by Gasteiger charge is 2.64. The number of nitrogens with one attached hydrogen (secondary N) is 1. The smallest absolute Gasteiger partial charge is 0.384 e. The molecule has 0 aromatic heterocycles. The van der Waals surface area contributed by atoms with Gasteiger partial charge in [0.05, 0.1) is 0 Å². The molecule has 0 aromatic rings. The first kappa shape index (κ1) is 26.6. The third-order valence-corrected chi connectivity index (χ3v) is 8.53. The second-order valence-corrected chi connectivity index (χ2v) is 12.2. The van der Waals surface area contributed by atoms with Gasteiger partial charge >= 0.3 is 22.4 Å². The molecule has 2 aliphatic rings. The van der Waals surface area contributed by atoms with E-state index in [4.69, 9.17) is 14.5 Å². The zero-order chi connectivity index (χ0) is 24.0. The van der Waals surface area contributed by atoms with Crippen LogP contribution in [-0.4, -0.2) is 71.0 Å². The predicted octanol–water partition coefficient (Wildman–Crippen LogP) is -1.00. The van der Waals surface area contributed by atoms with E-state index in [1.54, 1.807) is 0 Å². The van der Waals surface area contributed by atoms with Crippen LogP contribution in [0, 0.1) is 0 Å². The molecule has 2 unspecified atom stereocenters. The summed E-state index contributed by atoms with van der Waals surface area (Å²) in [7, 11) is -11.2. The molecule has 1 fully saturated rings. The van der Waals surface area contributed by atoms with Crippen molar-refractivity contribution in [3.05, 3.63) is 24.7 Å². The van der Waals surface area contributed by atoms with Crippen LogP contribution in [0.1, 0.15) is 6.92 Å². The SMILES string of the molecule is C=C1NC(=O)C=CN1[C@@H]1O[C@](F)(COP(O)(=S)OP(=O)(O)OP(=O)(O)O)[C@@H](O)[C@@]1(C)O. The van der Waals surface area contributed by atoms with Gasteiger partial charge in [0, 0.05) is 12.3 Å². The number of ether oxygens (including phenoxy) is 1. The minimum atomic E-state index is -5.65. The van der Waals surface area contributed by atoms with Crippen molar-refractivity contribution in [2.24, 2.45) is 0 Å². The Labute approximate surface area is 178 Å². The molecular weight excluding hydrogens is 512 g/mol. The van der Waals surface area contributed by atoms with E-state index in [1.807, 2.05) is 0 Å². The van der Waals surface area contributed by atoms with E-state index in [1.165, 1.54) is 0 Å². The Bertz CT molecular complexity index is 940. The highest BCUT2D eigenvalue weighted by molar-refractivity contribution is 8.08. The average Bonchev–Trinajstić information content (AvgIpc) is 2.71. The average molecular weight is 530 g/mol. The summed E-state index contributed by atoms with van der Waals surface area (Å²) in [5.74, 6) is -4.00. The van der Waals surface area contributed by atoms with E-state index in [-0.39, 0.29) is 5.82 Å². The fourth-order valence-corrected chi connectivity index (χ4v) is 6.52. The summed E-state index contributed by atoms with van der Waals surface area (Å²) in [5, 5.41) is 23.0. The van der Waals surface area contributed by atoms with E-state index >= 15 is 4.39 Å². The molecule has 0 spiro atoms. The van der Waals surface area contributed by atoms with Crippen LogP contribution in [0.3, 0.4) is 0 Å². The van der Waals surface area contributed by atoms with Gasteiger partial charge in [-0.2, -0.15) is 4.31 Å². The molecule has 2 aliphatic heterocycles. The molecule has 0 aromatic carbocycles. The summed E-state index contributed by atoms with van der Waals surface area (Å²) in [6.45, 7) is -1.90. The van der Waals surface area contributed by atoms with Crippen LogP contribution < -0.4 is 5.32 Å². The van der Waals surface area contributed by atoms with Gasteiger partial charge in [0.25, 0.3) is 11.8 Å². The Kier molecular flexibility index (Phi) is 7.42. The number of rotatable bonds is 8. The second kappa shape index (κ2) is 8.63. The van der Waals surface area contributed by atoms with E-state index in [0.29, 0.717) is 0 Å². The van der Waals surface area contributed by atoms with Crippen molar-refractivity contribution >= 4 is 40.1 Å². The van der Waals surface area contributed by atoms with Crippen molar-refractivity contribution in [3.8, 4) is 0 Å². The number of aliphatic hydroxyl groups excluding tert-OH is 1. The number of halogens is 1. The van der Waals surface area contributed by atoms with Gasteiger partial charge in [0.1, 0.15) is 24.1 Å². The summed E-state index contributed by atoms with van der Waals surface area (Å²) in [6.07, 6.45) is -1.96. The number of aliphatic hydroxyl groups is 2. The maximum atomic E-state index is 15.2. The van der Waals surface area contributed by atoms with E-state index in [2.05, 4.69) is 36.8 Å². The number of alkyl halides is 1. The van der Waals surface area contributed by atoms with Gasteiger partial charge in [-0.05, 0) is 18.7 Å². The summed E-state index contributed by atoms with van der Waals surface area (Å²) >= 11 is 4.35. The lowest BCUT2D eigenvalue weighted by molar-refractivity contribution is -0.206. The van der Waals surface area contributed by atoms with E-state index in [0.717, 1.165) is 24.1 Å². The first-order valence-electron chi connectivity index (χ1n) is 7.80. The Morgan fingerprint density at radius 3 is 2.45 bits per heavy atom. The van der Waals surface area contributed by atoms with E-state index < -0.39 is 58.7 Å². The third kappa shape index (κ3) is 6.47. The largest absolute Gasteiger partial charge is 0.488 e. The summed E-state index contributed by atoms with van der Waals surface area (Å²) < 4.78 is 54.3. The maximum absolute atomic E-state index is 15.2. The number of hydrogen-bond donors (Lipinski definition) is 7. The van der Waals surface area contributed by atoms with Gasteiger partial charge in [-0.15, -0.1) is 0 Å². The number of nitrogens with zero attached hydrogens (tertiary/aromatic N) is 1. The molecule has 1 saturated heterocycles. The molecule has 31 heavy (non-hydrogen) atoms. The molecule has 0 aliphatic carbocycles. The van der Waals surface area contributed by atoms with Gasteiger partial charge in [-0.3, -0.25) is 4.79 Å². The van der Waals surface area contributed by atoms with Crippen LogP contribution >= 0.6 is 22.4 Å². The molecule has 6 atom stereocenters. The van der Waals surface area contributed by atoms with Crippen molar-refractivity contribution in [1.29, 1.82) is 0 Å². The zero-order valence-corrected chi connectivity index (χ0v) is 18.8. The molecule has 0 saturated carbocycles. The van der Waals surface area contributed by atoms with Crippen LogP contribution in [-0.2, 0) is 43.6 Å². The van der Waals surface area contributed by atoms with Gasteiger partial charge < -0.3 is 49.3 Å². The summed E-state index contributed by atoms with van der Waals surface area (Å²) in [5.41, 5.74) is -2.36. The quantitative estimate of drug-likeness (QED) is 0.187. The minimum absolute atomic E-state index is 0.137. The van der Waals surface area contributed by atoms with Crippen LogP contribution in [0.25, 0.3) is 0 Å². The molecule has 20 heteroatoms. The predicted molar refractivity (Wildman–Crippen MR) is 100 cm³/mol. The third-order valence-electron chi connectivity index (χ3n) is 3.83. The monoisotopic (exact) mass is 530 g/mol. The first-order chi connectivity index (χ1) is 13.8. The van der Waals surface area contributed by atoms with Crippen LogP contribution in [0.2, 0.25) is 0 Å². The highest BCUT2D eigenvalue weighted by Crippen LogP contribution is 2.66. The lowest BCUT2D eigenvalue weighted by Crippen LogP contribution is -2.54. The number of carbonyl (C=O) groups excluding carboxylic acids is 1. The van der Waals surface area contributed by atoms with Crippen LogP contribution in [0.15, 0.2) is 24.7 Å². The zero-order valence-electron chi connectivity index (χ0n) is 15.3. The highest BCUT2D eigenvalue weighted by atomic mass is 32.5. The molecule has 2 heterocycles. The molecule has 7 N–H and O–H groups in total. The number of phosphoric acid groups is 2. The Morgan fingerprint density at radius 2 is 1.94 bits per heavy atom. The second-order valence-electron chi connectivity index (χ2n) is 6.41. The maximum Gasteiger partial charge on any atom is 0.488 e. The van der Waals surface area contributed by atoms with Crippen molar-refractivity contribution in [1.82, 2.24) is 10.2 Å². The fraction of sp³-hybridized carbons (Fsp3) is 0.545. The molecule has 178 valence electrons. The molecule has 1 amide bonds. The standard InChI is InChI=1S/C11H18FN2O13P3S/c1-6-13-7(15)3-4-14(6)9-10(2,17)8(16)11(12,25-9)5-24-30(23,31)27-29(21,22)26-28(18,19)20/h3-4,8-9,16-17H,1,5H2,2H3,(H,13,15)(H,21,22)(H,23,31)(H2,18,19,20)/t8-,9+,10+,11+,30?/m0/s1. The normalized spacial score (nSPS) is 35.5. The van der Waals surface area contributed by atoms with Crippen LogP contribution in [0.4, 0.5) is 4.39 Å². The Morgan fingerprint density at radius 1 is 1.35 bits per heavy atom. The fourth-order valence-electron chi connectivity index (χ4n) is 2.57. The first-order valence-corrected chi connectivity index (χ1v) is 13.4.